The first-order valence-corrected chi connectivity index (χ1v) is 7.63. The molecule has 0 saturated heterocycles. The number of hydrogen-bond donors (Lipinski definition) is 2. The van der Waals surface area contributed by atoms with Crippen LogP contribution in [0.15, 0.2) is 0 Å². The van der Waals surface area contributed by atoms with Gasteiger partial charge in [0.05, 0.1) is 0 Å². The minimum absolute atomic E-state index is 0.181. The molecule has 2 atom stereocenters. The quantitative estimate of drug-likeness (QED) is 0.654. The van der Waals surface area contributed by atoms with Gasteiger partial charge in [0.2, 0.25) is 5.91 Å². The Kier molecular flexibility index (Phi) is 7.33. The molecule has 18 heavy (non-hydrogen) atoms. The molecule has 106 valence electrons. The standard InChI is InChI=1S/C15H30N2O/c1-12(2)7-5-3-4-6-10-17-15(18)13-8-9-14(16)11-13/h12-14H,3-11,16H2,1-2H3,(H,17,18). The van der Waals surface area contributed by atoms with Crippen LogP contribution in [0.5, 0.6) is 0 Å². The van der Waals surface area contributed by atoms with E-state index in [4.69, 9.17) is 5.73 Å². The molecular weight excluding hydrogens is 224 g/mol. The highest BCUT2D eigenvalue weighted by molar-refractivity contribution is 5.78. The first-order valence-electron chi connectivity index (χ1n) is 7.63. The smallest absolute Gasteiger partial charge is 0.223 e. The van der Waals surface area contributed by atoms with Crippen molar-refractivity contribution in [3.05, 3.63) is 0 Å². The van der Waals surface area contributed by atoms with Gasteiger partial charge in [-0.05, 0) is 31.6 Å². The maximum Gasteiger partial charge on any atom is 0.223 e. The van der Waals surface area contributed by atoms with E-state index in [-0.39, 0.29) is 17.9 Å². The molecule has 0 aromatic carbocycles. The third-order valence-corrected chi connectivity index (χ3v) is 3.85. The Labute approximate surface area is 112 Å². The van der Waals surface area contributed by atoms with E-state index in [0.29, 0.717) is 0 Å². The highest BCUT2D eigenvalue weighted by atomic mass is 16.1. The summed E-state index contributed by atoms with van der Waals surface area (Å²) in [5.74, 6) is 1.22. The third kappa shape index (κ3) is 6.39. The molecule has 1 aliphatic rings. The zero-order chi connectivity index (χ0) is 13.4. The van der Waals surface area contributed by atoms with Gasteiger partial charge in [-0.3, -0.25) is 4.79 Å². The van der Waals surface area contributed by atoms with E-state index in [0.717, 1.165) is 38.1 Å². The van der Waals surface area contributed by atoms with Gasteiger partial charge in [-0.1, -0.05) is 39.5 Å². The second-order valence-electron chi connectivity index (χ2n) is 6.16. The molecule has 0 heterocycles. The molecule has 3 N–H and O–H groups in total. The summed E-state index contributed by atoms with van der Waals surface area (Å²) in [6, 6.07) is 0.247. The fourth-order valence-electron chi connectivity index (χ4n) is 2.64. The van der Waals surface area contributed by atoms with Crippen LogP contribution in [0.1, 0.15) is 65.2 Å². The van der Waals surface area contributed by atoms with E-state index < -0.39 is 0 Å². The lowest BCUT2D eigenvalue weighted by atomic mass is 10.0. The Balaban J connectivity index is 1.93. The van der Waals surface area contributed by atoms with Gasteiger partial charge in [-0.25, -0.2) is 0 Å². The third-order valence-electron chi connectivity index (χ3n) is 3.85. The largest absolute Gasteiger partial charge is 0.356 e. The van der Waals surface area contributed by atoms with Crippen LogP contribution in [0, 0.1) is 11.8 Å². The zero-order valence-corrected chi connectivity index (χ0v) is 12.1. The lowest BCUT2D eigenvalue weighted by Crippen LogP contribution is -2.31. The molecule has 1 saturated carbocycles. The summed E-state index contributed by atoms with van der Waals surface area (Å²) in [7, 11) is 0. The Morgan fingerprint density at radius 2 is 1.94 bits per heavy atom. The molecule has 0 aromatic rings. The van der Waals surface area contributed by atoms with Crippen LogP contribution in [0.4, 0.5) is 0 Å². The van der Waals surface area contributed by atoms with Gasteiger partial charge in [0.15, 0.2) is 0 Å². The summed E-state index contributed by atoms with van der Waals surface area (Å²) in [4.78, 5) is 11.8. The van der Waals surface area contributed by atoms with Crippen LogP contribution in [-0.2, 0) is 4.79 Å². The summed E-state index contributed by atoms with van der Waals surface area (Å²) in [5, 5.41) is 3.05. The molecule has 0 aliphatic heterocycles. The van der Waals surface area contributed by atoms with Gasteiger partial charge in [0.1, 0.15) is 0 Å². The van der Waals surface area contributed by atoms with Crippen molar-refractivity contribution in [1.29, 1.82) is 0 Å². The summed E-state index contributed by atoms with van der Waals surface area (Å²) in [5.41, 5.74) is 5.82. The van der Waals surface area contributed by atoms with Crippen molar-refractivity contribution < 1.29 is 4.79 Å². The van der Waals surface area contributed by atoms with Crippen molar-refractivity contribution >= 4 is 5.91 Å². The van der Waals surface area contributed by atoms with Crippen LogP contribution < -0.4 is 11.1 Å². The van der Waals surface area contributed by atoms with Crippen molar-refractivity contribution in [3.63, 3.8) is 0 Å². The lowest BCUT2D eigenvalue weighted by Gasteiger charge is -2.10. The highest BCUT2D eigenvalue weighted by Crippen LogP contribution is 2.23. The molecular formula is C15H30N2O. The van der Waals surface area contributed by atoms with E-state index >= 15 is 0 Å². The second-order valence-corrected chi connectivity index (χ2v) is 6.16. The van der Waals surface area contributed by atoms with Crippen molar-refractivity contribution in [1.82, 2.24) is 5.32 Å². The predicted molar refractivity (Wildman–Crippen MR) is 76.2 cm³/mol. The normalized spacial score (nSPS) is 23.6. The summed E-state index contributed by atoms with van der Waals surface area (Å²) in [6.07, 6.45) is 9.15. The van der Waals surface area contributed by atoms with Gasteiger partial charge in [0.25, 0.3) is 0 Å². The van der Waals surface area contributed by atoms with Crippen molar-refractivity contribution in [2.45, 2.75) is 71.3 Å². The molecule has 3 nitrogen and oxygen atoms in total. The van der Waals surface area contributed by atoms with Gasteiger partial charge in [-0.2, -0.15) is 0 Å². The Morgan fingerprint density at radius 3 is 2.56 bits per heavy atom. The zero-order valence-electron chi connectivity index (χ0n) is 12.1. The Morgan fingerprint density at radius 1 is 1.22 bits per heavy atom. The molecule has 2 unspecified atom stereocenters. The average Bonchev–Trinajstić information content (AvgIpc) is 2.74. The number of hydrogen-bond acceptors (Lipinski definition) is 2. The minimum atomic E-state index is 0.181. The lowest BCUT2D eigenvalue weighted by molar-refractivity contribution is -0.124. The molecule has 1 amide bonds. The molecule has 0 spiro atoms. The molecule has 1 aliphatic carbocycles. The monoisotopic (exact) mass is 254 g/mol. The Hall–Kier alpha value is -0.570. The number of nitrogens with one attached hydrogen (secondary N) is 1. The maximum atomic E-state index is 11.8. The van der Waals surface area contributed by atoms with Crippen LogP contribution in [0.25, 0.3) is 0 Å². The topological polar surface area (TPSA) is 55.1 Å². The number of carbonyl (C=O) groups excluding carboxylic acids is 1. The summed E-state index contributed by atoms with van der Waals surface area (Å²) < 4.78 is 0. The number of unbranched alkanes of at least 4 members (excludes halogenated alkanes) is 3. The van der Waals surface area contributed by atoms with Gasteiger partial charge >= 0.3 is 0 Å². The van der Waals surface area contributed by atoms with Gasteiger partial charge in [0, 0.05) is 18.5 Å². The van der Waals surface area contributed by atoms with E-state index in [2.05, 4.69) is 19.2 Å². The van der Waals surface area contributed by atoms with Gasteiger partial charge in [-0.15, -0.1) is 0 Å². The molecule has 1 fully saturated rings. The molecule has 0 radical (unpaired) electrons. The van der Waals surface area contributed by atoms with Crippen LogP contribution in [0.3, 0.4) is 0 Å². The second kappa shape index (κ2) is 8.52. The van der Waals surface area contributed by atoms with Crippen molar-refractivity contribution in [3.8, 4) is 0 Å². The van der Waals surface area contributed by atoms with Crippen LogP contribution in [0.2, 0.25) is 0 Å². The van der Waals surface area contributed by atoms with Crippen LogP contribution >= 0.6 is 0 Å². The SMILES string of the molecule is CC(C)CCCCCCNC(=O)C1CCC(N)C1. The predicted octanol–water partition coefficient (Wildman–Crippen LogP) is 2.84. The fourth-order valence-corrected chi connectivity index (χ4v) is 2.64. The summed E-state index contributed by atoms with van der Waals surface area (Å²) in [6.45, 7) is 5.38. The number of nitrogens with two attached hydrogens (primary N) is 1. The van der Waals surface area contributed by atoms with Crippen LogP contribution in [-0.4, -0.2) is 18.5 Å². The van der Waals surface area contributed by atoms with E-state index in [9.17, 15) is 4.79 Å². The summed E-state index contributed by atoms with van der Waals surface area (Å²) >= 11 is 0. The van der Waals surface area contributed by atoms with Gasteiger partial charge < -0.3 is 11.1 Å². The van der Waals surface area contributed by atoms with Crippen molar-refractivity contribution in [2.24, 2.45) is 17.6 Å². The number of rotatable bonds is 8. The first-order chi connectivity index (χ1) is 8.59. The maximum absolute atomic E-state index is 11.8. The first kappa shape index (κ1) is 15.5. The van der Waals surface area contributed by atoms with E-state index in [1.165, 1.54) is 25.7 Å². The highest BCUT2D eigenvalue weighted by Gasteiger charge is 2.27. The number of carbonyl (C=O) groups is 1. The molecule has 1 rings (SSSR count). The minimum Gasteiger partial charge on any atom is -0.356 e. The fraction of sp³-hybridized carbons (Fsp3) is 0.933. The number of amides is 1. The average molecular weight is 254 g/mol. The Bertz CT molecular complexity index is 241. The molecule has 0 bridgehead atoms. The van der Waals surface area contributed by atoms with Crippen molar-refractivity contribution in [2.75, 3.05) is 6.54 Å². The molecule has 0 aromatic heterocycles. The molecule has 3 heteroatoms. The van der Waals surface area contributed by atoms with E-state index in [1.807, 2.05) is 0 Å². The van der Waals surface area contributed by atoms with E-state index in [1.54, 1.807) is 0 Å².